The van der Waals surface area contributed by atoms with Gasteiger partial charge in [0.2, 0.25) is 0 Å². The zero-order valence-corrected chi connectivity index (χ0v) is 18.2. The Kier molecular flexibility index (Phi) is 5.58. The third kappa shape index (κ3) is 4.27. The fourth-order valence-corrected chi connectivity index (χ4v) is 4.72. The molecule has 1 fully saturated rings. The van der Waals surface area contributed by atoms with Crippen LogP contribution in [0.5, 0.6) is 0 Å². The molecule has 0 amide bonds. The minimum Gasteiger partial charge on any atom is -0.371 e. The SMILES string of the molecule is Cc1ncc(N(C)CC2(c3cccc(F)c3)CC(O)(Nc3ccc(F)c(F)c3)C2)c(C)n1. The fraction of sp³-hybridized carbons (Fsp3) is 0.333. The van der Waals surface area contributed by atoms with Gasteiger partial charge in [0.05, 0.1) is 17.6 Å². The van der Waals surface area contributed by atoms with E-state index in [2.05, 4.69) is 15.3 Å². The summed E-state index contributed by atoms with van der Waals surface area (Å²) < 4.78 is 40.9. The molecule has 0 spiro atoms. The predicted octanol–water partition coefficient (Wildman–Crippen LogP) is 4.48. The Morgan fingerprint density at radius 2 is 1.81 bits per heavy atom. The lowest BCUT2D eigenvalue weighted by atomic mass is 9.59. The number of nitrogens with one attached hydrogen (secondary N) is 1. The first-order valence-corrected chi connectivity index (χ1v) is 10.3. The van der Waals surface area contributed by atoms with E-state index in [1.807, 2.05) is 31.9 Å². The summed E-state index contributed by atoms with van der Waals surface area (Å²) in [4.78, 5) is 10.7. The molecule has 1 heterocycles. The molecule has 2 N–H and O–H groups in total. The van der Waals surface area contributed by atoms with E-state index in [-0.39, 0.29) is 24.3 Å². The van der Waals surface area contributed by atoms with Crippen LogP contribution in [-0.2, 0) is 5.41 Å². The Hall–Kier alpha value is -3.13. The maximum absolute atomic E-state index is 14.1. The number of anilines is 2. The highest BCUT2D eigenvalue weighted by Gasteiger charge is 2.55. The van der Waals surface area contributed by atoms with Crippen LogP contribution in [0.25, 0.3) is 0 Å². The van der Waals surface area contributed by atoms with E-state index in [0.717, 1.165) is 29.1 Å². The number of hydrogen-bond donors (Lipinski definition) is 2. The lowest BCUT2D eigenvalue weighted by molar-refractivity contribution is -0.0648. The number of rotatable bonds is 6. The van der Waals surface area contributed by atoms with Gasteiger partial charge in [-0.1, -0.05) is 12.1 Å². The molecule has 1 aliphatic rings. The lowest BCUT2D eigenvalue weighted by Crippen LogP contribution is -2.62. The molecule has 4 rings (SSSR count). The molecule has 0 saturated heterocycles. The molecule has 1 saturated carbocycles. The maximum Gasteiger partial charge on any atom is 0.160 e. The van der Waals surface area contributed by atoms with Gasteiger partial charge in [-0.05, 0) is 43.7 Å². The first kappa shape index (κ1) is 22.1. The summed E-state index contributed by atoms with van der Waals surface area (Å²) >= 11 is 0. The van der Waals surface area contributed by atoms with Crippen LogP contribution < -0.4 is 10.2 Å². The summed E-state index contributed by atoms with van der Waals surface area (Å²) in [6.07, 6.45) is 2.25. The fourth-order valence-electron chi connectivity index (χ4n) is 4.72. The van der Waals surface area contributed by atoms with Crippen molar-refractivity contribution < 1.29 is 18.3 Å². The van der Waals surface area contributed by atoms with Crippen molar-refractivity contribution in [2.75, 3.05) is 23.8 Å². The Balaban J connectivity index is 1.61. The van der Waals surface area contributed by atoms with Crippen LogP contribution in [-0.4, -0.2) is 34.4 Å². The Morgan fingerprint density at radius 1 is 1.06 bits per heavy atom. The molecule has 1 aromatic heterocycles. The first-order valence-electron chi connectivity index (χ1n) is 10.3. The molecule has 8 heteroatoms. The van der Waals surface area contributed by atoms with Crippen molar-refractivity contribution in [2.45, 2.75) is 37.8 Å². The van der Waals surface area contributed by atoms with Crippen LogP contribution in [0.3, 0.4) is 0 Å². The van der Waals surface area contributed by atoms with Gasteiger partial charge in [0.1, 0.15) is 17.4 Å². The van der Waals surface area contributed by atoms with Gasteiger partial charge in [0.25, 0.3) is 0 Å². The van der Waals surface area contributed by atoms with Gasteiger partial charge >= 0.3 is 0 Å². The number of benzene rings is 2. The van der Waals surface area contributed by atoms with E-state index < -0.39 is 22.8 Å². The summed E-state index contributed by atoms with van der Waals surface area (Å²) in [6.45, 7) is 4.20. The van der Waals surface area contributed by atoms with E-state index in [9.17, 15) is 18.3 Å². The van der Waals surface area contributed by atoms with Crippen molar-refractivity contribution in [1.29, 1.82) is 0 Å². The molecule has 0 radical (unpaired) electrons. The van der Waals surface area contributed by atoms with Gasteiger partial charge in [-0.25, -0.2) is 23.1 Å². The van der Waals surface area contributed by atoms with Crippen molar-refractivity contribution in [3.63, 3.8) is 0 Å². The molecule has 3 aromatic rings. The van der Waals surface area contributed by atoms with E-state index in [1.54, 1.807) is 12.3 Å². The van der Waals surface area contributed by atoms with Gasteiger partial charge in [-0.15, -0.1) is 0 Å². The highest BCUT2D eigenvalue weighted by Crippen LogP contribution is 2.51. The van der Waals surface area contributed by atoms with Crippen LogP contribution in [0.1, 0.15) is 29.9 Å². The summed E-state index contributed by atoms with van der Waals surface area (Å²) in [6, 6.07) is 9.73. The number of aryl methyl sites for hydroxylation is 2. The number of halogens is 3. The third-order valence-corrected chi connectivity index (χ3v) is 6.02. The number of likely N-dealkylation sites (N-methyl/N-ethyl adjacent to an activating group) is 1. The molecule has 32 heavy (non-hydrogen) atoms. The van der Waals surface area contributed by atoms with E-state index in [4.69, 9.17) is 0 Å². The maximum atomic E-state index is 14.1. The summed E-state index contributed by atoms with van der Waals surface area (Å²) in [7, 11) is 1.90. The largest absolute Gasteiger partial charge is 0.371 e. The minimum absolute atomic E-state index is 0.249. The Bertz CT molecular complexity index is 1150. The van der Waals surface area contributed by atoms with Crippen molar-refractivity contribution in [1.82, 2.24) is 9.97 Å². The zero-order valence-electron chi connectivity index (χ0n) is 18.2. The number of hydrogen-bond acceptors (Lipinski definition) is 5. The van der Waals surface area contributed by atoms with Crippen LogP contribution in [0.2, 0.25) is 0 Å². The van der Waals surface area contributed by atoms with Gasteiger partial charge in [-0.2, -0.15) is 0 Å². The van der Waals surface area contributed by atoms with Crippen LogP contribution in [0.15, 0.2) is 48.7 Å². The zero-order chi connectivity index (χ0) is 23.1. The molecule has 2 aromatic carbocycles. The second-order valence-corrected chi connectivity index (χ2v) is 8.67. The van der Waals surface area contributed by atoms with Crippen molar-refractivity contribution in [3.8, 4) is 0 Å². The molecule has 1 aliphatic carbocycles. The first-order chi connectivity index (χ1) is 15.1. The Morgan fingerprint density at radius 3 is 2.47 bits per heavy atom. The molecule has 0 bridgehead atoms. The van der Waals surface area contributed by atoms with Gasteiger partial charge in [-0.3, -0.25) is 0 Å². The monoisotopic (exact) mass is 442 g/mol. The summed E-state index contributed by atoms with van der Waals surface area (Å²) in [5.74, 6) is -1.64. The van der Waals surface area contributed by atoms with Crippen molar-refractivity contribution in [3.05, 3.63) is 83.2 Å². The number of aromatic nitrogens is 2. The molecular formula is C24H25F3N4O. The van der Waals surface area contributed by atoms with Crippen molar-refractivity contribution >= 4 is 11.4 Å². The highest BCUT2D eigenvalue weighted by atomic mass is 19.2. The molecule has 0 unspecified atom stereocenters. The standard InChI is InChI=1S/C24H25F3N4O/c1-15-22(11-28-16(2)29-15)31(3)14-23(17-5-4-6-18(25)9-17)12-24(32,13-23)30-19-7-8-20(26)21(27)10-19/h4-11,30,32H,12-14H2,1-3H3. The average Bonchev–Trinajstić information content (AvgIpc) is 2.69. The second-order valence-electron chi connectivity index (χ2n) is 8.67. The topological polar surface area (TPSA) is 61.3 Å². The van der Waals surface area contributed by atoms with Gasteiger partial charge in [0, 0.05) is 43.6 Å². The van der Waals surface area contributed by atoms with Crippen LogP contribution in [0.4, 0.5) is 24.5 Å². The lowest BCUT2D eigenvalue weighted by Gasteiger charge is -2.55. The summed E-state index contributed by atoms with van der Waals surface area (Å²) in [5.41, 5.74) is 0.770. The van der Waals surface area contributed by atoms with Crippen LogP contribution in [0, 0.1) is 31.3 Å². The normalized spacial score (nSPS) is 22.3. The van der Waals surface area contributed by atoms with E-state index in [0.29, 0.717) is 12.4 Å². The number of aliphatic hydroxyl groups is 1. The molecule has 0 aliphatic heterocycles. The molecule has 0 atom stereocenters. The van der Waals surface area contributed by atoms with Crippen LogP contribution >= 0.6 is 0 Å². The van der Waals surface area contributed by atoms with E-state index >= 15 is 0 Å². The average molecular weight is 442 g/mol. The molecule has 5 nitrogen and oxygen atoms in total. The van der Waals surface area contributed by atoms with Crippen molar-refractivity contribution in [2.24, 2.45) is 0 Å². The number of nitrogens with zero attached hydrogens (tertiary/aromatic N) is 3. The van der Waals surface area contributed by atoms with Gasteiger partial charge in [0.15, 0.2) is 11.6 Å². The van der Waals surface area contributed by atoms with Gasteiger partial charge < -0.3 is 15.3 Å². The third-order valence-electron chi connectivity index (χ3n) is 6.02. The van der Waals surface area contributed by atoms with E-state index in [1.165, 1.54) is 18.2 Å². The highest BCUT2D eigenvalue weighted by molar-refractivity contribution is 5.51. The minimum atomic E-state index is -1.35. The Labute approximate surface area is 184 Å². The quantitative estimate of drug-likeness (QED) is 0.552. The molecule has 168 valence electrons. The predicted molar refractivity (Wildman–Crippen MR) is 117 cm³/mol. The summed E-state index contributed by atoms with van der Waals surface area (Å²) in [5, 5.41) is 14.0. The smallest absolute Gasteiger partial charge is 0.160 e. The molecular weight excluding hydrogens is 417 g/mol. The second kappa shape index (κ2) is 8.09.